The number of amides is 1. The van der Waals surface area contributed by atoms with Gasteiger partial charge in [0.2, 0.25) is 5.69 Å². The molecule has 0 bridgehead atoms. The Bertz CT molecular complexity index is 644. The van der Waals surface area contributed by atoms with E-state index in [4.69, 9.17) is 4.74 Å². The number of piperazine rings is 1. The van der Waals surface area contributed by atoms with Crippen molar-refractivity contribution in [3.05, 3.63) is 6.20 Å². The highest BCUT2D eigenvalue weighted by Crippen LogP contribution is 2.28. The maximum absolute atomic E-state index is 12.8. The number of carbonyl (C=O) groups excluding carboxylic acids is 1. The number of rotatable bonds is 3. The zero-order chi connectivity index (χ0) is 19.7. The smallest absolute Gasteiger partial charge is 0.410 e. The van der Waals surface area contributed by atoms with Crippen LogP contribution in [-0.4, -0.2) is 68.9 Å². The lowest BCUT2D eigenvalue weighted by Gasteiger charge is -2.40. The topological polar surface area (TPSA) is 119 Å². The van der Waals surface area contributed by atoms with Gasteiger partial charge in [-0.25, -0.2) is 14.7 Å². The lowest BCUT2D eigenvalue weighted by atomic mass is 10.2. The molecule has 0 aromatic carbocycles. The number of quaternary nitrogens is 1. The van der Waals surface area contributed by atoms with Gasteiger partial charge >= 0.3 is 12.3 Å². The Hall–Kier alpha value is -2.05. The van der Waals surface area contributed by atoms with E-state index in [9.17, 15) is 23.2 Å². The maximum atomic E-state index is 12.8. The van der Waals surface area contributed by atoms with Crippen LogP contribution in [0.2, 0.25) is 0 Å². The van der Waals surface area contributed by atoms with Crippen molar-refractivity contribution in [2.45, 2.75) is 52.1 Å². The number of nitrogens with zero attached hydrogens (tertiary/aromatic N) is 4. The Morgan fingerprint density at radius 1 is 1.37 bits per heavy atom. The Labute approximate surface area is 154 Å². The van der Waals surface area contributed by atoms with Gasteiger partial charge in [-0.05, 0) is 27.7 Å². The average Bonchev–Trinajstić information content (AvgIpc) is 2.85. The standard InChI is InChI=1S/C15H24F3N5O3.H2O/c1-10-8-21(5-6-22(10)13(24)26-14(2,3)4)12-11(20-25)7-19-23(12)9-15(16,17)18;/h7,10,20,25H,5-6,8-9H2,1-4H3;1H2/p+1. The van der Waals surface area contributed by atoms with Crippen molar-refractivity contribution in [1.82, 2.24) is 14.7 Å². The molecule has 1 aliphatic rings. The molecule has 12 heteroatoms. The molecule has 9 nitrogen and oxygen atoms in total. The molecule has 156 valence electrons. The Balaban J connectivity index is 0.00000364. The number of anilines is 1. The van der Waals surface area contributed by atoms with E-state index >= 15 is 0 Å². The average molecular weight is 398 g/mol. The third-order valence-corrected chi connectivity index (χ3v) is 3.86. The van der Waals surface area contributed by atoms with E-state index < -0.39 is 24.4 Å². The van der Waals surface area contributed by atoms with Crippen LogP contribution in [0.3, 0.4) is 0 Å². The predicted molar refractivity (Wildman–Crippen MR) is 89.9 cm³/mol. The van der Waals surface area contributed by atoms with Gasteiger partial charge in [0.05, 0.1) is 0 Å². The second-order valence-corrected chi connectivity index (χ2v) is 7.29. The number of alkyl halides is 3. The van der Waals surface area contributed by atoms with E-state index in [2.05, 4.69) is 5.10 Å². The first-order valence-corrected chi connectivity index (χ1v) is 8.26. The minimum absolute atomic E-state index is 0. The summed E-state index contributed by atoms with van der Waals surface area (Å²) in [5.41, 5.74) is 0.311. The SMILES string of the molecule is CC1CN(c2c([NH2+]O)cnn2CC(F)(F)F)CCN1C(=O)OC(C)(C)C.O. The monoisotopic (exact) mass is 398 g/mol. The van der Waals surface area contributed by atoms with Crippen molar-refractivity contribution in [2.24, 2.45) is 0 Å². The molecule has 0 radical (unpaired) electrons. The maximum Gasteiger partial charge on any atom is 0.410 e. The zero-order valence-electron chi connectivity index (χ0n) is 15.7. The molecule has 1 amide bonds. The molecule has 1 fully saturated rings. The number of nitrogens with two attached hydrogens (primary N) is 1. The summed E-state index contributed by atoms with van der Waals surface area (Å²) in [7, 11) is 0. The molecule has 0 saturated carbocycles. The highest BCUT2D eigenvalue weighted by atomic mass is 19.4. The highest BCUT2D eigenvalue weighted by Gasteiger charge is 2.36. The van der Waals surface area contributed by atoms with E-state index in [0.29, 0.717) is 13.1 Å². The van der Waals surface area contributed by atoms with Crippen LogP contribution in [0.5, 0.6) is 0 Å². The fourth-order valence-corrected chi connectivity index (χ4v) is 2.86. The first kappa shape index (κ1) is 23.0. The van der Waals surface area contributed by atoms with Crippen LogP contribution in [0, 0.1) is 0 Å². The van der Waals surface area contributed by atoms with E-state index in [1.54, 1.807) is 37.5 Å². The largest absolute Gasteiger partial charge is 0.444 e. The molecular weight excluding hydrogens is 371 g/mol. The number of aromatic nitrogens is 2. The quantitative estimate of drug-likeness (QED) is 0.725. The summed E-state index contributed by atoms with van der Waals surface area (Å²) in [5.74, 6) is 0.181. The molecule has 1 unspecified atom stereocenters. The van der Waals surface area contributed by atoms with Crippen molar-refractivity contribution in [3.8, 4) is 0 Å². The molecule has 1 aromatic rings. The highest BCUT2D eigenvalue weighted by molar-refractivity contribution is 5.69. The number of halogens is 3. The van der Waals surface area contributed by atoms with E-state index in [0.717, 1.165) is 10.2 Å². The molecule has 27 heavy (non-hydrogen) atoms. The third kappa shape index (κ3) is 5.97. The molecule has 2 heterocycles. The Morgan fingerprint density at radius 2 is 2.00 bits per heavy atom. The summed E-state index contributed by atoms with van der Waals surface area (Å²) in [6, 6.07) is -0.278. The minimum Gasteiger partial charge on any atom is -0.444 e. The molecule has 1 aromatic heterocycles. The molecule has 1 atom stereocenters. The van der Waals surface area contributed by atoms with Gasteiger partial charge in [0.25, 0.3) is 0 Å². The first-order chi connectivity index (χ1) is 11.9. The number of ether oxygens (including phenoxy) is 1. The van der Waals surface area contributed by atoms with E-state index in [1.165, 1.54) is 6.20 Å². The van der Waals surface area contributed by atoms with Gasteiger partial charge in [0, 0.05) is 25.7 Å². The molecule has 0 aliphatic carbocycles. The Morgan fingerprint density at radius 3 is 2.48 bits per heavy atom. The lowest BCUT2D eigenvalue weighted by molar-refractivity contribution is -0.825. The summed E-state index contributed by atoms with van der Waals surface area (Å²) in [6.45, 7) is 6.73. The van der Waals surface area contributed by atoms with Gasteiger partial charge in [-0.3, -0.25) is 0 Å². The zero-order valence-corrected chi connectivity index (χ0v) is 15.7. The molecule has 1 aliphatic heterocycles. The number of carbonyl (C=O) groups is 1. The lowest BCUT2D eigenvalue weighted by Crippen LogP contribution is -2.74. The number of hydrogen-bond donors (Lipinski definition) is 2. The van der Waals surface area contributed by atoms with Crippen molar-refractivity contribution in [3.63, 3.8) is 0 Å². The van der Waals surface area contributed by atoms with Crippen LogP contribution in [0.1, 0.15) is 27.7 Å². The van der Waals surface area contributed by atoms with Crippen molar-refractivity contribution >= 4 is 17.6 Å². The van der Waals surface area contributed by atoms with Crippen LogP contribution in [0.25, 0.3) is 0 Å². The Kier molecular flexibility index (Phi) is 7.08. The second kappa shape index (κ2) is 8.31. The summed E-state index contributed by atoms with van der Waals surface area (Å²) in [5, 5.41) is 13.1. The summed E-state index contributed by atoms with van der Waals surface area (Å²) >= 11 is 0. The predicted octanol–water partition coefficient (Wildman–Crippen LogP) is 0.650. The van der Waals surface area contributed by atoms with Crippen LogP contribution in [0.4, 0.5) is 29.5 Å². The van der Waals surface area contributed by atoms with Gasteiger partial charge in [-0.2, -0.15) is 23.8 Å². The number of hydrogen-bond acceptors (Lipinski definition) is 5. The normalized spacial score (nSPS) is 18.3. The first-order valence-electron chi connectivity index (χ1n) is 8.26. The molecule has 2 rings (SSSR count). The molecule has 5 N–H and O–H groups in total. The fraction of sp³-hybridized carbons (Fsp3) is 0.733. The third-order valence-electron chi connectivity index (χ3n) is 3.86. The van der Waals surface area contributed by atoms with Crippen molar-refractivity contribution < 1.29 is 38.9 Å². The van der Waals surface area contributed by atoms with Crippen LogP contribution in [0.15, 0.2) is 6.20 Å². The molecule has 0 spiro atoms. The minimum atomic E-state index is -4.43. The summed E-state index contributed by atoms with van der Waals surface area (Å²) in [6.07, 6.45) is -3.70. The van der Waals surface area contributed by atoms with E-state index in [1.807, 2.05) is 0 Å². The van der Waals surface area contributed by atoms with Crippen molar-refractivity contribution in [1.29, 1.82) is 0 Å². The van der Waals surface area contributed by atoms with Gasteiger partial charge in [0.1, 0.15) is 18.3 Å². The van der Waals surface area contributed by atoms with Crippen LogP contribution in [-0.2, 0) is 11.3 Å². The van der Waals surface area contributed by atoms with Crippen molar-refractivity contribution in [2.75, 3.05) is 24.5 Å². The van der Waals surface area contributed by atoms with E-state index in [-0.39, 0.29) is 29.6 Å². The van der Waals surface area contributed by atoms with Crippen LogP contribution < -0.4 is 10.4 Å². The van der Waals surface area contributed by atoms with Gasteiger partial charge in [-0.15, -0.1) is 0 Å². The van der Waals surface area contributed by atoms with Gasteiger partial charge in [0.15, 0.2) is 5.82 Å². The van der Waals surface area contributed by atoms with Gasteiger partial charge in [-0.1, -0.05) is 0 Å². The summed E-state index contributed by atoms with van der Waals surface area (Å²) < 4.78 is 44.5. The summed E-state index contributed by atoms with van der Waals surface area (Å²) in [4.78, 5) is 15.5. The fourth-order valence-electron chi connectivity index (χ4n) is 2.86. The second-order valence-electron chi connectivity index (χ2n) is 7.29. The molecule has 1 saturated heterocycles. The molecular formula is C15H27F3N5O4+. The van der Waals surface area contributed by atoms with Gasteiger partial charge < -0.3 is 20.0 Å². The van der Waals surface area contributed by atoms with Crippen LogP contribution >= 0.6 is 0 Å².